The number of nitrogen functional groups attached to an aromatic ring is 1. The summed E-state index contributed by atoms with van der Waals surface area (Å²) in [7, 11) is 0. The van der Waals surface area contributed by atoms with Gasteiger partial charge in [0.05, 0.1) is 5.56 Å². The van der Waals surface area contributed by atoms with Crippen LogP contribution in [0.15, 0.2) is 36.7 Å². The molecule has 0 aliphatic rings. The third-order valence-corrected chi connectivity index (χ3v) is 5.77. The van der Waals surface area contributed by atoms with E-state index in [-0.39, 0.29) is 23.4 Å². The number of nitrogens with zero attached hydrogens (tertiary/aromatic N) is 3. The van der Waals surface area contributed by atoms with E-state index >= 15 is 0 Å². The van der Waals surface area contributed by atoms with Crippen LogP contribution in [0.25, 0.3) is 5.52 Å². The van der Waals surface area contributed by atoms with E-state index in [0.29, 0.717) is 28.8 Å². The molecule has 1 aromatic carbocycles. The van der Waals surface area contributed by atoms with Gasteiger partial charge in [0.25, 0.3) is 0 Å². The number of rotatable bonds is 9. The predicted octanol–water partition coefficient (Wildman–Crippen LogP) is 3.68. The SMILES string of the molecule is CCC(C)C[C@H](NC(=O)Nc1cccc(C(=O)c2cc(C(C)C)n3ncnc(N)c23)c1)C(=O)O. The molecule has 10 nitrogen and oxygen atoms in total. The first-order valence-electron chi connectivity index (χ1n) is 11.2. The molecule has 180 valence electrons. The van der Waals surface area contributed by atoms with E-state index in [1.807, 2.05) is 27.7 Å². The molecule has 5 N–H and O–H groups in total. The molecule has 2 heterocycles. The van der Waals surface area contributed by atoms with E-state index < -0.39 is 18.0 Å². The molecule has 2 amide bonds. The summed E-state index contributed by atoms with van der Waals surface area (Å²) in [6, 6.07) is 6.51. The Morgan fingerprint density at radius 1 is 1.18 bits per heavy atom. The summed E-state index contributed by atoms with van der Waals surface area (Å²) in [6.07, 6.45) is 2.47. The second kappa shape index (κ2) is 10.3. The standard InChI is InChI=1S/C24H30N6O4/c1-5-14(4)9-18(23(32)33)29-24(34)28-16-8-6-7-15(10-16)21(31)17-11-19(13(2)3)30-20(17)22(25)26-12-27-30/h6-8,10-14,18H,5,9H2,1-4H3,(H,32,33)(H2,25,26,27)(H2,28,29,34)/t14?,18-/m0/s1. The summed E-state index contributed by atoms with van der Waals surface area (Å²) in [5.74, 6) is -0.958. The van der Waals surface area contributed by atoms with Gasteiger partial charge in [-0.3, -0.25) is 4.79 Å². The predicted molar refractivity (Wildman–Crippen MR) is 129 cm³/mol. The molecule has 2 aromatic heterocycles. The average Bonchev–Trinajstić information content (AvgIpc) is 3.19. The van der Waals surface area contributed by atoms with Crippen molar-refractivity contribution in [3.63, 3.8) is 0 Å². The van der Waals surface area contributed by atoms with Crippen LogP contribution >= 0.6 is 0 Å². The summed E-state index contributed by atoms with van der Waals surface area (Å²) < 4.78 is 1.62. The Morgan fingerprint density at radius 2 is 1.91 bits per heavy atom. The van der Waals surface area contributed by atoms with Crippen LogP contribution in [-0.4, -0.2) is 43.5 Å². The van der Waals surface area contributed by atoms with Crippen molar-refractivity contribution in [3.8, 4) is 0 Å². The zero-order valence-electron chi connectivity index (χ0n) is 19.7. The van der Waals surface area contributed by atoms with Gasteiger partial charge in [0.15, 0.2) is 11.6 Å². The van der Waals surface area contributed by atoms with Crippen LogP contribution < -0.4 is 16.4 Å². The maximum Gasteiger partial charge on any atom is 0.326 e. The van der Waals surface area contributed by atoms with Crippen molar-refractivity contribution in [2.24, 2.45) is 5.92 Å². The van der Waals surface area contributed by atoms with Crippen molar-refractivity contribution in [2.45, 2.75) is 52.5 Å². The number of carboxylic acids is 1. The molecule has 3 rings (SSSR count). The highest BCUT2D eigenvalue weighted by molar-refractivity contribution is 6.15. The highest BCUT2D eigenvalue weighted by Gasteiger charge is 2.23. The second-order valence-electron chi connectivity index (χ2n) is 8.69. The number of anilines is 2. The first-order chi connectivity index (χ1) is 16.1. The van der Waals surface area contributed by atoms with Gasteiger partial charge in [-0.05, 0) is 36.5 Å². The molecule has 0 bridgehead atoms. The van der Waals surface area contributed by atoms with E-state index in [0.717, 1.165) is 12.1 Å². The number of benzene rings is 1. The lowest BCUT2D eigenvalue weighted by molar-refractivity contribution is -0.139. The van der Waals surface area contributed by atoms with E-state index in [1.54, 1.807) is 28.8 Å². The van der Waals surface area contributed by atoms with Gasteiger partial charge in [0.2, 0.25) is 0 Å². The van der Waals surface area contributed by atoms with Crippen LogP contribution in [0.1, 0.15) is 68.1 Å². The second-order valence-corrected chi connectivity index (χ2v) is 8.69. The summed E-state index contributed by atoms with van der Waals surface area (Å²) >= 11 is 0. The number of aromatic nitrogens is 3. The highest BCUT2D eigenvalue weighted by atomic mass is 16.4. The van der Waals surface area contributed by atoms with Crippen molar-refractivity contribution in [1.29, 1.82) is 0 Å². The smallest absolute Gasteiger partial charge is 0.326 e. The van der Waals surface area contributed by atoms with E-state index in [4.69, 9.17) is 5.73 Å². The Labute approximate surface area is 197 Å². The molecule has 0 spiro atoms. The number of fused-ring (bicyclic) bond motifs is 1. The topological polar surface area (TPSA) is 152 Å². The molecule has 0 saturated carbocycles. The van der Waals surface area contributed by atoms with Gasteiger partial charge in [0, 0.05) is 16.9 Å². The molecule has 3 aromatic rings. The van der Waals surface area contributed by atoms with Crippen molar-refractivity contribution >= 4 is 34.8 Å². The Bertz CT molecular complexity index is 1220. The fraction of sp³-hybridized carbons (Fsp3) is 0.375. The van der Waals surface area contributed by atoms with Gasteiger partial charge in [-0.25, -0.2) is 19.1 Å². The van der Waals surface area contributed by atoms with Crippen molar-refractivity contribution in [3.05, 3.63) is 53.5 Å². The Kier molecular flexibility index (Phi) is 7.50. The summed E-state index contributed by atoms with van der Waals surface area (Å²) in [5.41, 5.74) is 8.36. The first-order valence-corrected chi connectivity index (χ1v) is 11.2. The van der Waals surface area contributed by atoms with Crippen LogP contribution in [0.3, 0.4) is 0 Å². The lowest BCUT2D eigenvalue weighted by Gasteiger charge is -2.18. The molecule has 10 heteroatoms. The number of nitrogens with one attached hydrogen (secondary N) is 2. The number of hydrogen-bond donors (Lipinski definition) is 4. The number of amides is 2. The van der Waals surface area contributed by atoms with E-state index in [9.17, 15) is 19.5 Å². The number of carbonyl (C=O) groups is 3. The van der Waals surface area contributed by atoms with Gasteiger partial charge < -0.3 is 21.5 Å². The van der Waals surface area contributed by atoms with Crippen LogP contribution in [-0.2, 0) is 4.79 Å². The fourth-order valence-corrected chi connectivity index (χ4v) is 3.69. The minimum atomic E-state index is -1.10. The molecule has 0 fully saturated rings. The lowest BCUT2D eigenvalue weighted by atomic mass is 9.99. The Morgan fingerprint density at radius 3 is 2.56 bits per heavy atom. The third-order valence-electron chi connectivity index (χ3n) is 5.77. The Balaban J connectivity index is 1.84. The van der Waals surface area contributed by atoms with Crippen LogP contribution in [0.4, 0.5) is 16.3 Å². The van der Waals surface area contributed by atoms with Gasteiger partial charge in [-0.2, -0.15) is 5.10 Å². The minimum absolute atomic E-state index is 0.0951. The highest BCUT2D eigenvalue weighted by Crippen LogP contribution is 2.27. The third kappa shape index (κ3) is 5.33. The maximum absolute atomic E-state index is 13.4. The van der Waals surface area contributed by atoms with Crippen molar-refractivity contribution in [2.75, 3.05) is 11.1 Å². The van der Waals surface area contributed by atoms with Crippen LogP contribution in [0.2, 0.25) is 0 Å². The molecular formula is C24H30N6O4. The normalized spacial score (nSPS) is 13.0. The Hall–Kier alpha value is -3.95. The molecule has 0 saturated heterocycles. The number of nitrogens with two attached hydrogens (primary N) is 1. The number of urea groups is 1. The summed E-state index contributed by atoms with van der Waals surface area (Å²) in [5, 5.41) is 18.8. The molecule has 0 aliphatic carbocycles. The largest absolute Gasteiger partial charge is 0.480 e. The van der Waals surface area contributed by atoms with Crippen molar-refractivity contribution in [1.82, 2.24) is 19.9 Å². The number of aliphatic carboxylic acids is 1. The molecule has 0 aliphatic heterocycles. The zero-order valence-corrected chi connectivity index (χ0v) is 19.7. The lowest BCUT2D eigenvalue weighted by Crippen LogP contribution is -2.43. The average molecular weight is 467 g/mol. The van der Waals surface area contributed by atoms with Crippen LogP contribution in [0.5, 0.6) is 0 Å². The number of carboxylic acid groups (broad SMARTS) is 1. The minimum Gasteiger partial charge on any atom is -0.480 e. The van der Waals surface area contributed by atoms with Gasteiger partial charge in [-0.1, -0.05) is 46.2 Å². The maximum atomic E-state index is 13.4. The zero-order chi connectivity index (χ0) is 25.0. The molecular weight excluding hydrogens is 436 g/mol. The van der Waals surface area contributed by atoms with Crippen LogP contribution in [0, 0.1) is 5.92 Å². The molecule has 0 radical (unpaired) electrons. The van der Waals surface area contributed by atoms with Gasteiger partial charge in [0.1, 0.15) is 17.9 Å². The van der Waals surface area contributed by atoms with Gasteiger partial charge in [-0.15, -0.1) is 0 Å². The van der Waals surface area contributed by atoms with E-state index in [1.165, 1.54) is 12.4 Å². The first kappa shape index (κ1) is 24.7. The molecule has 34 heavy (non-hydrogen) atoms. The number of ketones is 1. The number of carbonyl (C=O) groups excluding carboxylic acids is 2. The van der Waals surface area contributed by atoms with E-state index in [2.05, 4.69) is 20.7 Å². The summed E-state index contributed by atoms with van der Waals surface area (Å²) in [4.78, 5) is 41.4. The van der Waals surface area contributed by atoms with Crippen molar-refractivity contribution < 1.29 is 19.5 Å². The summed E-state index contributed by atoms with van der Waals surface area (Å²) in [6.45, 7) is 7.87. The molecule has 1 unspecified atom stereocenters. The number of hydrogen-bond acceptors (Lipinski definition) is 6. The quantitative estimate of drug-likeness (QED) is 0.351. The fourth-order valence-electron chi connectivity index (χ4n) is 3.69. The monoisotopic (exact) mass is 466 g/mol. The van der Waals surface area contributed by atoms with Gasteiger partial charge >= 0.3 is 12.0 Å². The molecule has 2 atom stereocenters.